The number of hydrogen-bond acceptors (Lipinski definition) is 3. The summed E-state index contributed by atoms with van der Waals surface area (Å²) in [6.07, 6.45) is 3.15. The van der Waals surface area contributed by atoms with Crippen LogP contribution in [0.5, 0.6) is 0 Å². The largest absolute Gasteiger partial charge is 0.387 e. The van der Waals surface area contributed by atoms with Crippen LogP contribution in [0.3, 0.4) is 0 Å². The number of nitrogens with one attached hydrogen (secondary N) is 1. The van der Waals surface area contributed by atoms with E-state index in [1.165, 1.54) is 19.3 Å². The standard InChI is InChI=1S/C14H18N2O/c1-14(7-2-8-14)16-10-13(17)12-5-3-11(9-15)4-6-12/h3-6,13,16-17H,2,7-8,10H2,1H3. The predicted octanol–water partition coefficient (Wildman–Crippen LogP) is 2.12. The van der Waals surface area contributed by atoms with Gasteiger partial charge in [0.1, 0.15) is 0 Å². The van der Waals surface area contributed by atoms with Crippen molar-refractivity contribution < 1.29 is 5.11 Å². The van der Waals surface area contributed by atoms with E-state index >= 15 is 0 Å². The number of nitriles is 1. The molecule has 2 rings (SSSR count). The zero-order valence-corrected chi connectivity index (χ0v) is 10.1. The van der Waals surface area contributed by atoms with Crippen LogP contribution in [0.4, 0.5) is 0 Å². The Balaban J connectivity index is 1.90. The maximum absolute atomic E-state index is 10.0. The lowest BCUT2D eigenvalue weighted by atomic mass is 9.78. The maximum Gasteiger partial charge on any atom is 0.0991 e. The fourth-order valence-corrected chi connectivity index (χ4v) is 2.12. The summed E-state index contributed by atoms with van der Waals surface area (Å²) in [5, 5.41) is 22.1. The number of aliphatic hydroxyl groups is 1. The minimum atomic E-state index is -0.500. The van der Waals surface area contributed by atoms with Crippen LogP contribution in [-0.4, -0.2) is 17.2 Å². The number of aliphatic hydroxyl groups excluding tert-OH is 1. The molecular weight excluding hydrogens is 212 g/mol. The maximum atomic E-state index is 10.0. The van der Waals surface area contributed by atoms with Crippen LogP contribution < -0.4 is 5.32 Å². The predicted molar refractivity (Wildman–Crippen MR) is 66.4 cm³/mol. The van der Waals surface area contributed by atoms with Crippen LogP contribution in [0.1, 0.15) is 43.4 Å². The van der Waals surface area contributed by atoms with E-state index in [9.17, 15) is 5.11 Å². The molecule has 1 aliphatic carbocycles. The zero-order valence-electron chi connectivity index (χ0n) is 10.1. The van der Waals surface area contributed by atoms with Gasteiger partial charge in [-0.1, -0.05) is 12.1 Å². The number of rotatable bonds is 4. The van der Waals surface area contributed by atoms with E-state index in [0.717, 1.165) is 5.56 Å². The van der Waals surface area contributed by atoms with E-state index in [4.69, 9.17) is 5.26 Å². The first-order valence-electron chi connectivity index (χ1n) is 6.06. The molecule has 0 heterocycles. The van der Waals surface area contributed by atoms with Crippen molar-refractivity contribution in [2.75, 3.05) is 6.54 Å². The van der Waals surface area contributed by atoms with Crippen molar-refractivity contribution in [3.05, 3.63) is 35.4 Å². The SMILES string of the molecule is CC1(NCC(O)c2ccc(C#N)cc2)CCC1. The average molecular weight is 230 g/mol. The van der Waals surface area contributed by atoms with Gasteiger partial charge in [0.05, 0.1) is 17.7 Å². The van der Waals surface area contributed by atoms with Crippen molar-refractivity contribution in [3.8, 4) is 6.07 Å². The highest BCUT2D eigenvalue weighted by molar-refractivity contribution is 5.32. The molecule has 1 saturated carbocycles. The van der Waals surface area contributed by atoms with Crippen LogP contribution in [-0.2, 0) is 0 Å². The summed E-state index contributed by atoms with van der Waals surface area (Å²) in [4.78, 5) is 0. The van der Waals surface area contributed by atoms with Crippen LogP contribution in [0.15, 0.2) is 24.3 Å². The molecule has 17 heavy (non-hydrogen) atoms. The highest BCUT2D eigenvalue weighted by Gasteiger charge is 2.31. The van der Waals surface area contributed by atoms with E-state index in [-0.39, 0.29) is 5.54 Å². The summed E-state index contributed by atoms with van der Waals surface area (Å²) in [6, 6.07) is 9.18. The summed E-state index contributed by atoms with van der Waals surface area (Å²) in [5.41, 5.74) is 1.70. The van der Waals surface area contributed by atoms with Crippen molar-refractivity contribution in [1.82, 2.24) is 5.32 Å². The molecular formula is C14H18N2O. The first-order valence-corrected chi connectivity index (χ1v) is 6.06. The molecule has 0 amide bonds. The minimum Gasteiger partial charge on any atom is -0.387 e. The molecule has 2 N–H and O–H groups in total. The van der Waals surface area contributed by atoms with Gasteiger partial charge < -0.3 is 10.4 Å². The Kier molecular flexibility index (Phi) is 3.46. The Hall–Kier alpha value is -1.37. The van der Waals surface area contributed by atoms with Crippen molar-refractivity contribution in [2.45, 2.75) is 37.8 Å². The molecule has 0 aliphatic heterocycles. The highest BCUT2D eigenvalue weighted by Crippen LogP contribution is 2.31. The van der Waals surface area contributed by atoms with Gasteiger partial charge in [-0.2, -0.15) is 5.26 Å². The van der Waals surface area contributed by atoms with Crippen LogP contribution in [0.2, 0.25) is 0 Å². The lowest BCUT2D eigenvalue weighted by Crippen LogP contribution is -2.49. The minimum absolute atomic E-state index is 0.216. The van der Waals surface area contributed by atoms with Crippen LogP contribution in [0, 0.1) is 11.3 Å². The molecule has 1 unspecified atom stereocenters. The van der Waals surface area contributed by atoms with Gasteiger partial charge in [0, 0.05) is 12.1 Å². The van der Waals surface area contributed by atoms with Gasteiger partial charge >= 0.3 is 0 Å². The summed E-state index contributed by atoms with van der Waals surface area (Å²) in [6.45, 7) is 2.77. The normalized spacial score (nSPS) is 19.1. The Bertz CT molecular complexity index is 415. The van der Waals surface area contributed by atoms with Gasteiger partial charge in [0.15, 0.2) is 0 Å². The van der Waals surface area contributed by atoms with E-state index in [0.29, 0.717) is 12.1 Å². The van der Waals surface area contributed by atoms with Crippen molar-refractivity contribution >= 4 is 0 Å². The molecule has 3 nitrogen and oxygen atoms in total. The lowest BCUT2D eigenvalue weighted by Gasteiger charge is -2.40. The molecule has 0 saturated heterocycles. The smallest absolute Gasteiger partial charge is 0.0991 e. The van der Waals surface area contributed by atoms with Crippen LogP contribution in [0.25, 0.3) is 0 Å². The molecule has 0 bridgehead atoms. The fourth-order valence-electron chi connectivity index (χ4n) is 2.12. The third-order valence-corrected chi connectivity index (χ3v) is 3.60. The number of benzene rings is 1. The topological polar surface area (TPSA) is 56.0 Å². The molecule has 0 spiro atoms. The Morgan fingerprint density at radius 3 is 2.53 bits per heavy atom. The van der Waals surface area contributed by atoms with Gasteiger partial charge in [-0.05, 0) is 43.9 Å². The molecule has 1 atom stereocenters. The molecule has 1 aliphatic rings. The lowest BCUT2D eigenvalue weighted by molar-refractivity contribution is 0.132. The quantitative estimate of drug-likeness (QED) is 0.833. The van der Waals surface area contributed by atoms with Crippen molar-refractivity contribution in [1.29, 1.82) is 5.26 Å². The van der Waals surface area contributed by atoms with Gasteiger partial charge in [-0.25, -0.2) is 0 Å². The third kappa shape index (κ3) is 2.85. The fraction of sp³-hybridized carbons (Fsp3) is 0.500. The monoisotopic (exact) mass is 230 g/mol. The molecule has 3 heteroatoms. The summed E-state index contributed by atoms with van der Waals surface area (Å²) >= 11 is 0. The van der Waals surface area contributed by atoms with Crippen molar-refractivity contribution in [3.63, 3.8) is 0 Å². The van der Waals surface area contributed by atoms with E-state index in [1.807, 2.05) is 12.1 Å². The second-order valence-corrected chi connectivity index (χ2v) is 5.04. The average Bonchev–Trinajstić information content (AvgIpc) is 2.33. The first kappa shape index (κ1) is 12.1. The van der Waals surface area contributed by atoms with Gasteiger partial charge in [-0.3, -0.25) is 0 Å². The Morgan fingerprint density at radius 2 is 2.06 bits per heavy atom. The number of hydrogen-bond donors (Lipinski definition) is 2. The van der Waals surface area contributed by atoms with Crippen molar-refractivity contribution in [2.24, 2.45) is 0 Å². The first-order chi connectivity index (χ1) is 8.13. The van der Waals surface area contributed by atoms with Gasteiger partial charge in [0.2, 0.25) is 0 Å². The Labute approximate surface area is 102 Å². The molecule has 0 radical (unpaired) electrons. The summed E-state index contributed by atoms with van der Waals surface area (Å²) in [7, 11) is 0. The zero-order chi connectivity index (χ0) is 12.3. The van der Waals surface area contributed by atoms with Gasteiger partial charge in [0.25, 0.3) is 0 Å². The third-order valence-electron chi connectivity index (χ3n) is 3.60. The molecule has 0 aromatic heterocycles. The number of β-amino-alcohol motifs (C(OH)–C–C–N with tert-alkyl or cyclic N) is 1. The molecule has 1 aromatic carbocycles. The highest BCUT2D eigenvalue weighted by atomic mass is 16.3. The molecule has 1 fully saturated rings. The Morgan fingerprint density at radius 1 is 1.41 bits per heavy atom. The van der Waals surface area contributed by atoms with Crippen LogP contribution >= 0.6 is 0 Å². The molecule has 90 valence electrons. The second kappa shape index (κ2) is 4.87. The van der Waals surface area contributed by atoms with E-state index in [1.54, 1.807) is 12.1 Å². The second-order valence-electron chi connectivity index (χ2n) is 5.04. The van der Waals surface area contributed by atoms with E-state index < -0.39 is 6.10 Å². The molecule has 1 aromatic rings. The van der Waals surface area contributed by atoms with E-state index in [2.05, 4.69) is 18.3 Å². The summed E-state index contributed by atoms with van der Waals surface area (Å²) in [5.74, 6) is 0. The number of nitrogens with zero attached hydrogens (tertiary/aromatic N) is 1. The van der Waals surface area contributed by atoms with Gasteiger partial charge in [-0.15, -0.1) is 0 Å². The summed E-state index contributed by atoms with van der Waals surface area (Å²) < 4.78 is 0.